The second-order valence-electron chi connectivity index (χ2n) is 8.44. The third kappa shape index (κ3) is 5.42. The van der Waals surface area contributed by atoms with Crippen molar-refractivity contribution in [1.82, 2.24) is 0 Å². The normalized spacial score (nSPS) is 17.1. The zero-order valence-electron chi connectivity index (χ0n) is 20.2. The van der Waals surface area contributed by atoms with Gasteiger partial charge in [-0.1, -0.05) is 24.3 Å². The third-order valence-corrected chi connectivity index (χ3v) is 7.42. The Morgan fingerprint density at radius 1 is 1.00 bits per heavy atom. The van der Waals surface area contributed by atoms with Crippen molar-refractivity contribution >= 4 is 33.0 Å². The van der Waals surface area contributed by atoms with E-state index in [4.69, 9.17) is 18.9 Å². The molecule has 2 aliphatic rings. The fourth-order valence-electron chi connectivity index (χ4n) is 4.17. The van der Waals surface area contributed by atoms with Gasteiger partial charge in [0, 0.05) is 18.8 Å². The average molecular weight is 526 g/mol. The van der Waals surface area contributed by atoms with Crippen LogP contribution in [0.4, 0.5) is 17.1 Å². The summed E-state index contributed by atoms with van der Waals surface area (Å²) in [6.45, 7) is 2.08. The number of benzene rings is 3. The topological polar surface area (TPSA) is 115 Å². The van der Waals surface area contributed by atoms with Gasteiger partial charge in [0.25, 0.3) is 15.9 Å². The van der Waals surface area contributed by atoms with E-state index in [-0.39, 0.29) is 11.5 Å². The first-order valence-electron chi connectivity index (χ1n) is 11.8. The van der Waals surface area contributed by atoms with Gasteiger partial charge in [-0.3, -0.25) is 9.52 Å². The number of hydrogen-bond acceptors (Lipinski definition) is 8. The van der Waals surface area contributed by atoms with E-state index in [0.29, 0.717) is 60.6 Å². The molecule has 0 spiro atoms. The number of fused-ring (bicyclic) bond motifs is 1. The van der Waals surface area contributed by atoms with Crippen molar-refractivity contribution in [2.75, 3.05) is 55.0 Å². The summed E-state index contributed by atoms with van der Waals surface area (Å²) in [6.07, 6.45) is -0.888. The zero-order valence-corrected chi connectivity index (χ0v) is 21.0. The summed E-state index contributed by atoms with van der Waals surface area (Å²) in [5.74, 6) is 0.978. The monoisotopic (exact) mass is 525 g/mol. The fourth-order valence-corrected chi connectivity index (χ4v) is 5.50. The standard InChI is InChI=1S/C26H27N3O7S/c1-33-21-7-3-2-6-19(21)28-37(31,32)25-16-18(10-11-20(25)29-12-14-34-15-13-29)27-26(30)24-17-35-22-8-4-5-9-23(22)36-24/h2-11,16,24,28H,12-15,17H2,1H3,(H,27,30)/t24-/m0/s1. The summed E-state index contributed by atoms with van der Waals surface area (Å²) in [7, 11) is -2.60. The number of para-hydroxylation sites is 4. The minimum Gasteiger partial charge on any atom is -0.495 e. The predicted molar refractivity (Wildman–Crippen MR) is 138 cm³/mol. The van der Waals surface area contributed by atoms with Gasteiger partial charge in [-0.15, -0.1) is 0 Å². The molecule has 0 aromatic heterocycles. The van der Waals surface area contributed by atoms with Crippen LogP contribution in [0.1, 0.15) is 0 Å². The molecule has 1 atom stereocenters. The molecule has 11 heteroatoms. The van der Waals surface area contributed by atoms with Crippen molar-refractivity contribution in [2.45, 2.75) is 11.0 Å². The van der Waals surface area contributed by atoms with Crippen molar-refractivity contribution in [2.24, 2.45) is 0 Å². The Kier molecular flexibility index (Phi) is 7.06. The molecule has 0 saturated carbocycles. The molecule has 194 valence electrons. The molecule has 0 bridgehead atoms. The molecule has 0 unspecified atom stereocenters. The van der Waals surface area contributed by atoms with Crippen LogP contribution in [-0.4, -0.2) is 60.4 Å². The van der Waals surface area contributed by atoms with Gasteiger partial charge in [0.05, 0.1) is 31.7 Å². The Morgan fingerprint density at radius 3 is 2.51 bits per heavy atom. The second kappa shape index (κ2) is 10.6. The van der Waals surface area contributed by atoms with Gasteiger partial charge in [0.2, 0.25) is 6.10 Å². The Bertz CT molecular complexity index is 1390. The van der Waals surface area contributed by atoms with Crippen molar-refractivity contribution in [1.29, 1.82) is 0 Å². The van der Waals surface area contributed by atoms with Crippen LogP contribution in [0.2, 0.25) is 0 Å². The van der Waals surface area contributed by atoms with E-state index >= 15 is 0 Å². The lowest BCUT2D eigenvalue weighted by Crippen LogP contribution is -2.40. The number of hydrogen-bond donors (Lipinski definition) is 2. The summed E-state index contributed by atoms with van der Waals surface area (Å²) in [4.78, 5) is 14.9. The first-order valence-corrected chi connectivity index (χ1v) is 13.2. The molecule has 2 N–H and O–H groups in total. The van der Waals surface area contributed by atoms with E-state index in [1.54, 1.807) is 54.6 Å². The van der Waals surface area contributed by atoms with Crippen LogP contribution < -0.4 is 29.1 Å². The maximum Gasteiger partial charge on any atom is 0.269 e. The Morgan fingerprint density at radius 2 is 1.73 bits per heavy atom. The lowest BCUT2D eigenvalue weighted by atomic mass is 10.2. The molecule has 1 saturated heterocycles. The van der Waals surface area contributed by atoms with Crippen molar-refractivity contribution < 1.29 is 32.2 Å². The smallest absolute Gasteiger partial charge is 0.269 e. The van der Waals surface area contributed by atoms with Crippen molar-refractivity contribution in [3.8, 4) is 17.2 Å². The van der Waals surface area contributed by atoms with E-state index < -0.39 is 22.0 Å². The fraction of sp³-hybridized carbons (Fsp3) is 0.269. The molecule has 5 rings (SSSR count). The number of methoxy groups -OCH3 is 1. The molecule has 0 aliphatic carbocycles. The number of nitrogens with one attached hydrogen (secondary N) is 2. The number of anilines is 3. The van der Waals surface area contributed by atoms with Gasteiger partial charge in [-0.25, -0.2) is 8.42 Å². The summed E-state index contributed by atoms with van der Waals surface area (Å²) < 4.78 is 52.0. The largest absolute Gasteiger partial charge is 0.495 e. The second-order valence-corrected chi connectivity index (χ2v) is 10.1. The van der Waals surface area contributed by atoms with Gasteiger partial charge >= 0.3 is 0 Å². The minimum absolute atomic E-state index is 0.0178. The first kappa shape index (κ1) is 24.7. The first-order chi connectivity index (χ1) is 17.9. The highest BCUT2D eigenvalue weighted by Crippen LogP contribution is 2.34. The van der Waals surface area contributed by atoms with Gasteiger partial charge in [0.15, 0.2) is 11.5 Å². The van der Waals surface area contributed by atoms with Crippen molar-refractivity contribution in [3.63, 3.8) is 0 Å². The SMILES string of the molecule is COc1ccccc1NS(=O)(=O)c1cc(NC(=O)[C@@H]2COc3ccccc3O2)ccc1N1CCOCC1. The van der Waals surface area contributed by atoms with Crippen LogP contribution in [0.25, 0.3) is 0 Å². The molecular formula is C26H27N3O7S. The summed E-state index contributed by atoms with van der Waals surface area (Å²) >= 11 is 0. The minimum atomic E-state index is -4.07. The number of rotatable bonds is 7. The summed E-state index contributed by atoms with van der Waals surface area (Å²) in [5, 5.41) is 2.77. The average Bonchev–Trinajstić information content (AvgIpc) is 2.93. The summed E-state index contributed by atoms with van der Waals surface area (Å²) in [6, 6.07) is 18.6. The van der Waals surface area contributed by atoms with Gasteiger partial charge in [-0.2, -0.15) is 0 Å². The molecule has 1 amide bonds. The van der Waals surface area contributed by atoms with Gasteiger partial charge < -0.3 is 29.2 Å². The van der Waals surface area contributed by atoms with Crippen LogP contribution in [-0.2, 0) is 19.6 Å². The van der Waals surface area contributed by atoms with Gasteiger partial charge in [0.1, 0.15) is 17.3 Å². The third-order valence-electron chi connectivity index (χ3n) is 6.02. The number of sulfonamides is 1. The molecule has 1 fully saturated rings. The highest BCUT2D eigenvalue weighted by molar-refractivity contribution is 7.93. The molecule has 37 heavy (non-hydrogen) atoms. The van der Waals surface area contributed by atoms with E-state index in [0.717, 1.165) is 0 Å². The summed E-state index contributed by atoms with van der Waals surface area (Å²) in [5.41, 5.74) is 1.12. The molecular weight excluding hydrogens is 498 g/mol. The Hall–Kier alpha value is -3.96. The van der Waals surface area contributed by atoms with Crippen LogP contribution in [0.5, 0.6) is 17.2 Å². The maximum atomic E-state index is 13.6. The van der Waals surface area contributed by atoms with Crippen molar-refractivity contribution in [3.05, 3.63) is 66.7 Å². The number of carbonyl (C=O) groups is 1. The number of nitrogens with zero attached hydrogens (tertiary/aromatic N) is 1. The molecule has 3 aromatic carbocycles. The van der Waals surface area contributed by atoms with Crippen LogP contribution in [0.3, 0.4) is 0 Å². The zero-order chi connectivity index (χ0) is 25.8. The molecule has 10 nitrogen and oxygen atoms in total. The van der Waals surface area contributed by atoms with Crippen LogP contribution >= 0.6 is 0 Å². The van der Waals surface area contributed by atoms with E-state index in [2.05, 4.69) is 10.0 Å². The molecule has 2 heterocycles. The number of carbonyl (C=O) groups excluding carboxylic acids is 1. The molecule has 2 aliphatic heterocycles. The van der Waals surface area contributed by atoms with E-state index in [9.17, 15) is 13.2 Å². The molecule has 3 aromatic rings. The van der Waals surface area contributed by atoms with E-state index in [1.165, 1.54) is 13.2 Å². The molecule has 0 radical (unpaired) electrons. The number of ether oxygens (including phenoxy) is 4. The van der Waals surface area contributed by atoms with Crippen LogP contribution in [0.15, 0.2) is 71.6 Å². The van der Waals surface area contributed by atoms with Crippen LogP contribution in [0, 0.1) is 0 Å². The lowest BCUT2D eigenvalue weighted by Gasteiger charge is -2.31. The Balaban J connectivity index is 1.43. The van der Waals surface area contributed by atoms with E-state index in [1.807, 2.05) is 11.0 Å². The van der Waals surface area contributed by atoms with Gasteiger partial charge in [-0.05, 0) is 42.5 Å². The number of morpholine rings is 1. The Labute approximate surface area is 215 Å². The highest BCUT2D eigenvalue weighted by Gasteiger charge is 2.29. The lowest BCUT2D eigenvalue weighted by molar-refractivity contribution is -0.125. The maximum absolute atomic E-state index is 13.6. The highest BCUT2D eigenvalue weighted by atomic mass is 32.2. The number of amides is 1. The quantitative estimate of drug-likeness (QED) is 0.484. The predicted octanol–water partition coefficient (Wildman–Crippen LogP) is 3.11.